The van der Waals surface area contributed by atoms with Gasteiger partial charge in [0.05, 0.1) is 5.69 Å². The van der Waals surface area contributed by atoms with Crippen LogP contribution in [-0.2, 0) is 4.79 Å². The topological polar surface area (TPSA) is 30.0 Å². The second-order valence-electron chi connectivity index (χ2n) is 2.44. The van der Waals surface area contributed by atoms with Crippen LogP contribution in [0.15, 0.2) is 24.4 Å². The van der Waals surface area contributed by atoms with Crippen molar-refractivity contribution >= 4 is 17.4 Å². The van der Waals surface area contributed by atoms with Gasteiger partial charge in [-0.05, 0) is 12.1 Å². The smallest absolute Gasteiger partial charge is 0.156 e. The Morgan fingerprint density at radius 2 is 2.42 bits per heavy atom. The zero-order chi connectivity index (χ0) is 8.97. The number of pyridine rings is 1. The second kappa shape index (κ2) is 4.21. The Morgan fingerprint density at radius 3 is 2.92 bits per heavy atom. The summed E-state index contributed by atoms with van der Waals surface area (Å²) in [6.07, 6.45) is 2.08. The lowest BCUT2D eigenvalue weighted by atomic mass is 10.1. The van der Waals surface area contributed by atoms with E-state index >= 15 is 0 Å². The van der Waals surface area contributed by atoms with Gasteiger partial charge in [-0.2, -0.15) is 0 Å². The molecular formula is C9H10ClNO. The quantitative estimate of drug-likeness (QED) is 0.674. The van der Waals surface area contributed by atoms with Crippen LogP contribution in [0.4, 0.5) is 0 Å². The minimum Gasteiger partial charge on any atom is -0.298 e. The van der Waals surface area contributed by atoms with Crippen molar-refractivity contribution in [1.82, 2.24) is 4.98 Å². The molecule has 1 heterocycles. The first kappa shape index (κ1) is 9.20. The predicted octanol–water partition coefficient (Wildman–Crippen LogP) is 2.34. The van der Waals surface area contributed by atoms with Crippen molar-refractivity contribution in [3.05, 3.63) is 30.1 Å². The van der Waals surface area contributed by atoms with Gasteiger partial charge >= 0.3 is 0 Å². The number of hydrogen-bond acceptors (Lipinski definition) is 2. The molecule has 0 saturated heterocycles. The average Bonchev–Trinajstić information content (AvgIpc) is 2.17. The second-order valence-corrected chi connectivity index (χ2v) is 2.87. The van der Waals surface area contributed by atoms with Gasteiger partial charge in [0.15, 0.2) is 5.78 Å². The lowest BCUT2D eigenvalue weighted by Gasteiger charge is -2.04. The number of carbonyl (C=O) groups excluding carboxylic acids is 1. The average molecular weight is 184 g/mol. The summed E-state index contributed by atoms with van der Waals surface area (Å²) in [7, 11) is 0. The van der Waals surface area contributed by atoms with E-state index in [4.69, 9.17) is 11.6 Å². The first-order valence-electron chi connectivity index (χ1n) is 3.83. The number of nitrogens with zero attached hydrogens (tertiary/aromatic N) is 1. The number of alkyl halides is 1. The molecule has 0 aliphatic carbocycles. The predicted molar refractivity (Wildman–Crippen MR) is 48.1 cm³/mol. The number of ketones is 1. The summed E-state index contributed by atoms with van der Waals surface area (Å²) in [5.41, 5.74) is 0.631. The molecule has 2 nitrogen and oxygen atoms in total. The van der Waals surface area contributed by atoms with Crippen molar-refractivity contribution in [2.75, 3.05) is 0 Å². The van der Waals surface area contributed by atoms with Gasteiger partial charge in [0.2, 0.25) is 0 Å². The van der Waals surface area contributed by atoms with Crippen LogP contribution in [0, 0.1) is 0 Å². The van der Waals surface area contributed by atoms with Gasteiger partial charge in [-0.15, -0.1) is 11.6 Å². The van der Waals surface area contributed by atoms with Crippen molar-refractivity contribution in [1.29, 1.82) is 0 Å². The van der Waals surface area contributed by atoms with Crippen LogP contribution < -0.4 is 0 Å². The summed E-state index contributed by atoms with van der Waals surface area (Å²) in [5, 5.41) is -0.587. The highest BCUT2D eigenvalue weighted by Crippen LogP contribution is 2.19. The lowest BCUT2D eigenvalue weighted by Crippen LogP contribution is -2.06. The maximum atomic E-state index is 11.1. The number of hydrogen-bond donors (Lipinski definition) is 0. The molecule has 1 rings (SSSR count). The molecule has 1 aromatic heterocycles. The molecule has 1 unspecified atom stereocenters. The summed E-state index contributed by atoms with van der Waals surface area (Å²) in [5.74, 6) is 0.00960. The fraction of sp³-hybridized carbons (Fsp3) is 0.333. The molecule has 1 aromatic rings. The standard InChI is InChI=1S/C9H10ClNO/c1-2-8(12)9(10)7-5-3-4-6-11-7/h3-6,9H,2H2,1H3. The highest BCUT2D eigenvalue weighted by Gasteiger charge is 2.15. The lowest BCUT2D eigenvalue weighted by molar-refractivity contribution is -0.118. The Bertz CT molecular complexity index is 260. The van der Waals surface area contributed by atoms with Gasteiger partial charge < -0.3 is 0 Å². The van der Waals surface area contributed by atoms with Gasteiger partial charge in [0.25, 0.3) is 0 Å². The van der Waals surface area contributed by atoms with E-state index in [9.17, 15) is 4.79 Å². The van der Waals surface area contributed by atoms with Crippen molar-refractivity contribution in [3.8, 4) is 0 Å². The van der Waals surface area contributed by atoms with Crippen molar-refractivity contribution in [3.63, 3.8) is 0 Å². The SMILES string of the molecule is CCC(=O)C(Cl)c1ccccn1. The Labute approximate surface area is 76.6 Å². The van der Waals surface area contributed by atoms with Crippen LogP contribution in [0.5, 0.6) is 0 Å². The first-order valence-corrected chi connectivity index (χ1v) is 4.27. The van der Waals surface area contributed by atoms with Crippen molar-refractivity contribution in [2.45, 2.75) is 18.7 Å². The van der Waals surface area contributed by atoms with Gasteiger partial charge in [-0.25, -0.2) is 0 Å². The highest BCUT2D eigenvalue weighted by atomic mass is 35.5. The van der Waals surface area contributed by atoms with Gasteiger partial charge in [-0.3, -0.25) is 9.78 Å². The Balaban J connectivity index is 2.78. The summed E-state index contributed by atoms with van der Waals surface area (Å²) < 4.78 is 0. The molecule has 0 spiro atoms. The minimum absolute atomic E-state index is 0.00960. The zero-order valence-corrected chi connectivity index (χ0v) is 7.58. The Hall–Kier alpha value is -0.890. The van der Waals surface area contributed by atoms with E-state index < -0.39 is 5.38 Å². The fourth-order valence-electron chi connectivity index (χ4n) is 0.870. The van der Waals surface area contributed by atoms with E-state index in [0.29, 0.717) is 12.1 Å². The molecule has 12 heavy (non-hydrogen) atoms. The Morgan fingerprint density at radius 1 is 1.67 bits per heavy atom. The van der Waals surface area contributed by atoms with E-state index in [2.05, 4.69) is 4.98 Å². The van der Waals surface area contributed by atoms with E-state index in [-0.39, 0.29) is 5.78 Å². The molecule has 0 bridgehead atoms. The van der Waals surface area contributed by atoms with E-state index in [1.165, 1.54) is 0 Å². The van der Waals surface area contributed by atoms with E-state index in [1.807, 2.05) is 6.07 Å². The molecule has 0 saturated carbocycles. The number of carbonyl (C=O) groups is 1. The summed E-state index contributed by atoms with van der Waals surface area (Å²) >= 11 is 5.84. The maximum absolute atomic E-state index is 11.1. The summed E-state index contributed by atoms with van der Waals surface area (Å²) in [6, 6.07) is 5.37. The molecule has 0 radical (unpaired) electrons. The number of halogens is 1. The molecule has 0 aromatic carbocycles. The van der Waals surface area contributed by atoms with E-state index in [1.54, 1.807) is 25.3 Å². The minimum atomic E-state index is -0.587. The van der Waals surface area contributed by atoms with Crippen molar-refractivity contribution in [2.24, 2.45) is 0 Å². The molecule has 0 fully saturated rings. The van der Waals surface area contributed by atoms with Crippen LogP contribution in [0.1, 0.15) is 24.4 Å². The van der Waals surface area contributed by atoms with Gasteiger partial charge in [-0.1, -0.05) is 13.0 Å². The first-order chi connectivity index (χ1) is 5.75. The maximum Gasteiger partial charge on any atom is 0.156 e. The van der Waals surface area contributed by atoms with Gasteiger partial charge in [0.1, 0.15) is 5.38 Å². The van der Waals surface area contributed by atoms with Crippen LogP contribution in [0.25, 0.3) is 0 Å². The largest absolute Gasteiger partial charge is 0.298 e. The molecular weight excluding hydrogens is 174 g/mol. The highest BCUT2D eigenvalue weighted by molar-refractivity contribution is 6.30. The monoisotopic (exact) mass is 183 g/mol. The molecule has 0 aliphatic heterocycles. The molecule has 0 N–H and O–H groups in total. The van der Waals surface area contributed by atoms with Crippen LogP contribution in [0.3, 0.4) is 0 Å². The Kier molecular flexibility index (Phi) is 3.23. The molecule has 0 amide bonds. The molecule has 64 valence electrons. The summed E-state index contributed by atoms with van der Waals surface area (Å²) in [4.78, 5) is 15.1. The number of Topliss-reactive ketones (excluding diaryl/α,β-unsaturated/α-hetero) is 1. The van der Waals surface area contributed by atoms with E-state index in [0.717, 1.165) is 0 Å². The van der Waals surface area contributed by atoms with Crippen LogP contribution in [0.2, 0.25) is 0 Å². The molecule has 0 aliphatic rings. The van der Waals surface area contributed by atoms with Crippen LogP contribution >= 0.6 is 11.6 Å². The third kappa shape index (κ3) is 2.05. The number of aromatic nitrogens is 1. The number of rotatable bonds is 3. The third-order valence-corrected chi connectivity index (χ3v) is 2.05. The molecule has 1 atom stereocenters. The normalized spacial score (nSPS) is 12.5. The third-order valence-electron chi connectivity index (χ3n) is 1.58. The van der Waals surface area contributed by atoms with Gasteiger partial charge in [0, 0.05) is 12.6 Å². The zero-order valence-electron chi connectivity index (χ0n) is 6.83. The fourth-order valence-corrected chi connectivity index (χ4v) is 1.15. The summed E-state index contributed by atoms with van der Waals surface area (Å²) in [6.45, 7) is 1.79. The molecule has 3 heteroatoms. The van der Waals surface area contributed by atoms with Crippen LogP contribution in [-0.4, -0.2) is 10.8 Å². The van der Waals surface area contributed by atoms with Crippen molar-refractivity contribution < 1.29 is 4.79 Å².